The third-order valence-corrected chi connectivity index (χ3v) is 3.69. The molecule has 21 heavy (non-hydrogen) atoms. The van der Waals surface area contributed by atoms with Crippen molar-refractivity contribution in [2.24, 2.45) is 0 Å². The van der Waals surface area contributed by atoms with E-state index < -0.39 is 21.8 Å². The van der Waals surface area contributed by atoms with Crippen molar-refractivity contribution in [2.75, 3.05) is 24.5 Å². The van der Waals surface area contributed by atoms with Crippen LogP contribution in [0.5, 0.6) is 0 Å². The van der Waals surface area contributed by atoms with Gasteiger partial charge in [-0.1, -0.05) is 32.0 Å². The molecule has 0 spiro atoms. The van der Waals surface area contributed by atoms with E-state index in [4.69, 9.17) is 4.74 Å². The molecule has 0 fully saturated rings. The second-order valence-electron chi connectivity index (χ2n) is 4.57. The van der Waals surface area contributed by atoms with Crippen LogP contribution in [0.4, 0.5) is 5.69 Å². The van der Waals surface area contributed by atoms with Crippen molar-refractivity contribution in [3.63, 3.8) is 0 Å². The molecule has 1 aromatic carbocycles. The number of carbonyl (C=O) groups excluding carboxylic acids is 1. The lowest BCUT2D eigenvalue weighted by atomic mass is 10.0. The SMILES string of the molecule is CCc1cccc(CC)c1N(COC)C(=O)CS(=O)(=O)[O-]. The summed E-state index contributed by atoms with van der Waals surface area (Å²) in [5, 5.41) is 0. The molecular weight excluding hydrogens is 294 g/mol. The van der Waals surface area contributed by atoms with Crippen molar-refractivity contribution in [3.05, 3.63) is 29.3 Å². The molecule has 7 heteroatoms. The number of ether oxygens (including phenoxy) is 1. The molecule has 0 radical (unpaired) electrons. The van der Waals surface area contributed by atoms with Gasteiger partial charge in [0.2, 0.25) is 5.91 Å². The Labute approximate surface area is 125 Å². The Balaban J connectivity index is 3.31. The maximum atomic E-state index is 12.2. The number of nitrogens with zero attached hydrogens (tertiary/aromatic N) is 1. The molecule has 0 saturated heterocycles. The average Bonchev–Trinajstić information content (AvgIpc) is 2.42. The van der Waals surface area contributed by atoms with Crippen LogP contribution in [0.25, 0.3) is 0 Å². The van der Waals surface area contributed by atoms with E-state index in [2.05, 4.69) is 0 Å². The van der Waals surface area contributed by atoms with Gasteiger partial charge in [0.15, 0.2) is 0 Å². The number of anilines is 1. The summed E-state index contributed by atoms with van der Waals surface area (Å²) in [5.41, 5.74) is 2.45. The van der Waals surface area contributed by atoms with Gasteiger partial charge in [-0.25, -0.2) is 8.42 Å². The summed E-state index contributed by atoms with van der Waals surface area (Å²) in [7, 11) is -3.22. The van der Waals surface area contributed by atoms with Crippen molar-refractivity contribution >= 4 is 21.7 Å². The van der Waals surface area contributed by atoms with Gasteiger partial charge < -0.3 is 9.29 Å². The molecule has 1 rings (SSSR count). The van der Waals surface area contributed by atoms with Crippen LogP contribution < -0.4 is 4.90 Å². The Morgan fingerprint density at radius 1 is 1.24 bits per heavy atom. The predicted molar refractivity (Wildman–Crippen MR) is 79.1 cm³/mol. The Kier molecular flexibility index (Phi) is 6.32. The topological polar surface area (TPSA) is 86.7 Å². The largest absolute Gasteiger partial charge is 0.748 e. The molecule has 0 bridgehead atoms. The minimum absolute atomic E-state index is 0.0988. The third kappa shape index (κ3) is 4.80. The zero-order valence-electron chi connectivity index (χ0n) is 12.5. The molecular formula is C14H20NO5S-. The van der Waals surface area contributed by atoms with Crippen LogP contribution in [0.3, 0.4) is 0 Å². The lowest BCUT2D eigenvalue weighted by Crippen LogP contribution is -2.38. The summed E-state index contributed by atoms with van der Waals surface area (Å²) in [6, 6.07) is 5.63. The number of aryl methyl sites for hydroxylation is 2. The van der Waals surface area contributed by atoms with Crippen LogP contribution in [0.15, 0.2) is 18.2 Å². The average molecular weight is 314 g/mol. The quantitative estimate of drug-likeness (QED) is 0.559. The van der Waals surface area contributed by atoms with E-state index in [1.807, 2.05) is 32.0 Å². The van der Waals surface area contributed by atoms with Crippen LogP contribution in [-0.2, 0) is 32.5 Å². The van der Waals surface area contributed by atoms with Crippen molar-refractivity contribution in [1.29, 1.82) is 0 Å². The number of hydrogen-bond acceptors (Lipinski definition) is 5. The summed E-state index contributed by atoms with van der Waals surface area (Å²) < 4.78 is 37.5. The number of benzene rings is 1. The number of carbonyl (C=O) groups is 1. The standard InChI is InChI=1S/C14H21NO5S/c1-4-11-7-6-8-12(5-2)14(11)15(10-20-3)13(16)9-21(17,18)19/h6-8H,4-5,9-10H2,1-3H3,(H,17,18,19)/p-1. The molecule has 0 aromatic heterocycles. The zero-order valence-corrected chi connectivity index (χ0v) is 13.3. The second-order valence-corrected chi connectivity index (χ2v) is 5.98. The summed E-state index contributed by atoms with van der Waals surface area (Å²) in [4.78, 5) is 13.4. The monoisotopic (exact) mass is 314 g/mol. The molecule has 0 aliphatic rings. The highest BCUT2D eigenvalue weighted by Gasteiger charge is 2.22. The third-order valence-electron chi connectivity index (χ3n) is 3.09. The van der Waals surface area contributed by atoms with Crippen LogP contribution >= 0.6 is 0 Å². The molecule has 0 saturated carbocycles. The zero-order chi connectivity index (χ0) is 16.0. The number of para-hydroxylation sites is 1. The smallest absolute Gasteiger partial charge is 0.242 e. The molecule has 1 amide bonds. The van der Waals surface area contributed by atoms with Gasteiger partial charge in [-0.05, 0) is 24.0 Å². The Morgan fingerprint density at radius 2 is 1.76 bits per heavy atom. The second kappa shape index (κ2) is 7.53. The van der Waals surface area contributed by atoms with Crippen molar-refractivity contribution in [1.82, 2.24) is 0 Å². The first kappa shape index (κ1) is 17.6. The molecule has 0 heterocycles. The molecule has 1 aromatic rings. The number of hydrogen-bond donors (Lipinski definition) is 0. The predicted octanol–water partition coefficient (Wildman–Crippen LogP) is 1.29. The van der Waals surface area contributed by atoms with Gasteiger partial charge in [-0.3, -0.25) is 9.69 Å². The van der Waals surface area contributed by atoms with Crippen molar-refractivity contribution in [3.8, 4) is 0 Å². The van der Waals surface area contributed by atoms with Gasteiger partial charge in [0.05, 0.1) is 5.69 Å². The first-order valence-electron chi connectivity index (χ1n) is 6.67. The van der Waals surface area contributed by atoms with E-state index in [-0.39, 0.29) is 6.73 Å². The fraction of sp³-hybridized carbons (Fsp3) is 0.500. The summed E-state index contributed by atoms with van der Waals surface area (Å²) >= 11 is 0. The fourth-order valence-corrected chi connectivity index (χ4v) is 2.64. The minimum Gasteiger partial charge on any atom is -0.748 e. The van der Waals surface area contributed by atoms with Crippen LogP contribution in [0, 0.1) is 0 Å². The number of rotatable bonds is 7. The lowest BCUT2D eigenvalue weighted by molar-refractivity contribution is -0.117. The summed E-state index contributed by atoms with van der Waals surface area (Å²) in [5.74, 6) is -1.85. The Bertz CT molecular complexity index is 575. The Hall–Kier alpha value is -1.44. The lowest BCUT2D eigenvalue weighted by Gasteiger charge is -2.27. The van der Waals surface area contributed by atoms with Gasteiger partial charge in [0, 0.05) is 7.11 Å². The highest BCUT2D eigenvalue weighted by molar-refractivity contribution is 7.86. The fourth-order valence-electron chi connectivity index (χ4n) is 2.18. The van der Waals surface area contributed by atoms with Crippen LogP contribution in [0.2, 0.25) is 0 Å². The molecule has 0 N–H and O–H groups in total. The molecule has 0 aliphatic heterocycles. The Morgan fingerprint density at radius 3 is 2.14 bits per heavy atom. The van der Waals surface area contributed by atoms with E-state index in [1.165, 1.54) is 12.0 Å². The van der Waals surface area contributed by atoms with E-state index in [0.29, 0.717) is 18.5 Å². The molecule has 0 aliphatic carbocycles. The summed E-state index contributed by atoms with van der Waals surface area (Å²) in [6.07, 6.45) is 1.36. The van der Waals surface area contributed by atoms with Gasteiger partial charge in [0.1, 0.15) is 22.6 Å². The molecule has 0 unspecified atom stereocenters. The van der Waals surface area contributed by atoms with E-state index in [0.717, 1.165) is 11.1 Å². The molecule has 6 nitrogen and oxygen atoms in total. The first-order chi connectivity index (χ1) is 9.84. The molecule has 118 valence electrons. The van der Waals surface area contributed by atoms with Gasteiger partial charge >= 0.3 is 0 Å². The highest BCUT2D eigenvalue weighted by Crippen LogP contribution is 2.27. The highest BCUT2D eigenvalue weighted by atomic mass is 32.2. The van der Waals surface area contributed by atoms with Crippen LogP contribution in [-0.4, -0.2) is 38.5 Å². The van der Waals surface area contributed by atoms with Crippen LogP contribution in [0.1, 0.15) is 25.0 Å². The normalized spacial score (nSPS) is 11.4. The van der Waals surface area contributed by atoms with Crippen molar-refractivity contribution in [2.45, 2.75) is 26.7 Å². The number of methoxy groups -OCH3 is 1. The van der Waals surface area contributed by atoms with Gasteiger partial charge in [0.25, 0.3) is 0 Å². The minimum atomic E-state index is -4.63. The van der Waals surface area contributed by atoms with E-state index in [9.17, 15) is 17.8 Å². The van der Waals surface area contributed by atoms with Crippen molar-refractivity contribution < 1.29 is 22.5 Å². The maximum Gasteiger partial charge on any atom is 0.242 e. The number of amides is 1. The molecule has 0 atom stereocenters. The first-order valence-corrected chi connectivity index (χ1v) is 8.25. The van der Waals surface area contributed by atoms with Gasteiger partial charge in [-0.2, -0.15) is 0 Å². The van der Waals surface area contributed by atoms with E-state index >= 15 is 0 Å². The van der Waals surface area contributed by atoms with E-state index in [1.54, 1.807) is 0 Å². The summed E-state index contributed by atoms with van der Waals surface area (Å²) in [6.45, 7) is 3.79. The van der Waals surface area contributed by atoms with Gasteiger partial charge in [-0.15, -0.1) is 0 Å². The maximum absolute atomic E-state index is 12.2.